The number of hydrogen-bond acceptors (Lipinski definition) is 6. The first-order valence-electron chi connectivity index (χ1n) is 14.0. The van der Waals surface area contributed by atoms with E-state index in [0.717, 1.165) is 43.2 Å². The van der Waals surface area contributed by atoms with Crippen molar-refractivity contribution in [3.05, 3.63) is 93.5 Å². The van der Waals surface area contributed by atoms with Crippen molar-refractivity contribution in [2.24, 2.45) is 11.8 Å². The second kappa shape index (κ2) is 11.2. The van der Waals surface area contributed by atoms with Gasteiger partial charge in [0.1, 0.15) is 6.10 Å². The summed E-state index contributed by atoms with van der Waals surface area (Å²) >= 11 is 5.21. The minimum atomic E-state index is -0.519. The predicted molar refractivity (Wildman–Crippen MR) is 162 cm³/mol. The molecule has 2 fully saturated rings. The van der Waals surface area contributed by atoms with Gasteiger partial charge in [0, 0.05) is 32.2 Å². The third-order valence-electron chi connectivity index (χ3n) is 8.71. The quantitative estimate of drug-likeness (QED) is 0.108. The lowest BCUT2D eigenvalue weighted by atomic mass is 9.70. The molecule has 2 N–H and O–H groups in total. The van der Waals surface area contributed by atoms with E-state index in [1.54, 1.807) is 30.3 Å². The molecule has 7 heteroatoms. The molecule has 40 heavy (non-hydrogen) atoms. The number of alkyl halides is 1. The summed E-state index contributed by atoms with van der Waals surface area (Å²) in [5.41, 5.74) is 10.0. The van der Waals surface area contributed by atoms with E-state index in [-0.39, 0.29) is 40.0 Å². The molecule has 3 aromatic rings. The lowest BCUT2D eigenvalue weighted by Gasteiger charge is -2.40. The lowest BCUT2D eigenvalue weighted by Crippen LogP contribution is -2.35. The molecule has 0 heterocycles. The summed E-state index contributed by atoms with van der Waals surface area (Å²) < 4.78 is 6.05. The number of esters is 1. The Morgan fingerprint density at radius 1 is 0.925 bits per heavy atom. The van der Waals surface area contributed by atoms with Crippen molar-refractivity contribution in [1.82, 2.24) is 0 Å². The molecule has 4 unspecified atom stereocenters. The number of halogens is 1. The van der Waals surface area contributed by atoms with E-state index in [1.165, 1.54) is 18.2 Å². The number of carbonyl (C=O) groups is 3. The fraction of sp³-hybridized carbons (Fsp3) is 0.364. The Labute approximate surface area is 247 Å². The summed E-state index contributed by atoms with van der Waals surface area (Å²) in [5, 5.41) is 0. The molecule has 2 saturated carbocycles. The van der Waals surface area contributed by atoms with Gasteiger partial charge in [0.15, 0.2) is 11.6 Å². The molecule has 0 saturated heterocycles. The first-order chi connectivity index (χ1) is 19.3. The number of nitrogen functional groups attached to an aromatic ring is 1. The van der Waals surface area contributed by atoms with Crippen LogP contribution >= 0.6 is 27.7 Å². The SMILES string of the molecule is Cc1ccc(CSc2cc(C(=O)OC3CCC4CC(Br)CCC4C3)c(N)c3c2C(=O)c2ccccc2C3=O)cc1. The number of rotatable bonds is 5. The number of aryl methyl sites for hydroxylation is 1. The van der Waals surface area contributed by atoms with Crippen LogP contribution in [0.4, 0.5) is 5.69 Å². The Balaban J connectivity index is 1.33. The van der Waals surface area contributed by atoms with Crippen molar-refractivity contribution < 1.29 is 19.1 Å². The minimum absolute atomic E-state index is 0.0287. The van der Waals surface area contributed by atoms with Crippen LogP contribution in [-0.2, 0) is 10.5 Å². The highest BCUT2D eigenvalue weighted by molar-refractivity contribution is 9.09. The summed E-state index contributed by atoms with van der Waals surface area (Å²) in [6.07, 6.45) is 6.05. The highest BCUT2D eigenvalue weighted by Crippen LogP contribution is 2.44. The van der Waals surface area contributed by atoms with Crippen molar-refractivity contribution in [2.45, 2.75) is 67.0 Å². The molecule has 3 aliphatic carbocycles. The molecule has 6 rings (SSSR count). The van der Waals surface area contributed by atoms with Gasteiger partial charge < -0.3 is 10.5 Å². The Bertz CT molecular complexity index is 1500. The standard InChI is InChI=1S/C33H32BrNO4S/c1-18-6-8-19(9-7-18)17-40-27-16-26(33(38)39-23-13-11-20-14-22(34)12-10-21(20)15-23)30(35)29-28(27)31(36)24-4-2-3-5-25(24)32(29)37/h2-9,16,20-23H,10-15,17,35H2,1H3. The van der Waals surface area contributed by atoms with Crippen LogP contribution in [-0.4, -0.2) is 28.5 Å². The average molecular weight is 619 g/mol. The number of nitrogens with two attached hydrogens (primary N) is 1. The smallest absolute Gasteiger partial charge is 0.340 e. The number of thioether (sulfide) groups is 1. The van der Waals surface area contributed by atoms with Crippen molar-refractivity contribution in [3.8, 4) is 0 Å². The van der Waals surface area contributed by atoms with Gasteiger partial charge in [0.05, 0.1) is 16.8 Å². The molecule has 0 amide bonds. The van der Waals surface area contributed by atoms with Crippen molar-refractivity contribution in [2.75, 3.05) is 5.73 Å². The Morgan fingerprint density at radius 3 is 2.30 bits per heavy atom. The van der Waals surface area contributed by atoms with Crippen LogP contribution in [0.2, 0.25) is 0 Å². The molecule has 3 aromatic carbocycles. The van der Waals surface area contributed by atoms with Crippen LogP contribution in [0, 0.1) is 18.8 Å². The molecule has 0 spiro atoms. The van der Waals surface area contributed by atoms with Gasteiger partial charge in [-0.25, -0.2) is 4.79 Å². The van der Waals surface area contributed by atoms with Crippen molar-refractivity contribution in [3.63, 3.8) is 0 Å². The Kier molecular flexibility index (Phi) is 7.62. The highest BCUT2D eigenvalue weighted by Gasteiger charge is 2.38. The Hall–Kier alpha value is -2.90. The zero-order valence-electron chi connectivity index (χ0n) is 22.5. The van der Waals surface area contributed by atoms with Gasteiger partial charge in [-0.2, -0.15) is 0 Å². The maximum Gasteiger partial charge on any atom is 0.340 e. The van der Waals surface area contributed by atoms with E-state index in [0.29, 0.717) is 38.4 Å². The zero-order valence-corrected chi connectivity index (χ0v) is 24.9. The monoisotopic (exact) mass is 617 g/mol. The van der Waals surface area contributed by atoms with E-state index in [4.69, 9.17) is 10.5 Å². The molecular weight excluding hydrogens is 586 g/mol. The summed E-state index contributed by atoms with van der Waals surface area (Å²) in [6.45, 7) is 2.03. The van der Waals surface area contributed by atoms with E-state index >= 15 is 0 Å². The minimum Gasteiger partial charge on any atom is -0.459 e. The number of anilines is 1. The second-order valence-corrected chi connectivity index (χ2v) is 13.6. The normalized spacial score (nSPS) is 23.6. The second-order valence-electron chi connectivity index (χ2n) is 11.3. The maximum atomic E-state index is 13.7. The summed E-state index contributed by atoms with van der Waals surface area (Å²) in [4.78, 5) is 42.2. The fourth-order valence-corrected chi connectivity index (χ4v) is 8.32. The number of fused-ring (bicyclic) bond motifs is 3. The third-order valence-corrected chi connectivity index (χ3v) is 10.7. The molecule has 0 aliphatic heterocycles. The highest BCUT2D eigenvalue weighted by atomic mass is 79.9. The van der Waals surface area contributed by atoms with E-state index in [9.17, 15) is 14.4 Å². The number of ether oxygens (including phenoxy) is 1. The molecular formula is C33H32BrNO4S. The molecule has 4 atom stereocenters. The van der Waals surface area contributed by atoms with Crippen LogP contribution in [0.15, 0.2) is 59.5 Å². The van der Waals surface area contributed by atoms with Crippen LogP contribution < -0.4 is 5.73 Å². The number of ketones is 2. The summed E-state index contributed by atoms with van der Waals surface area (Å²) in [6, 6.07) is 16.6. The largest absolute Gasteiger partial charge is 0.459 e. The average Bonchev–Trinajstić information content (AvgIpc) is 2.96. The van der Waals surface area contributed by atoms with Gasteiger partial charge in [0.25, 0.3) is 0 Å². The van der Waals surface area contributed by atoms with Crippen molar-refractivity contribution in [1.29, 1.82) is 0 Å². The number of benzene rings is 3. The lowest BCUT2D eigenvalue weighted by molar-refractivity contribution is -0.000287. The van der Waals surface area contributed by atoms with Gasteiger partial charge in [0.2, 0.25) is 0 Å². The van der Waals surface area contributed by atoms with Gasteiger partial charge in [-0.1, -0.05) is 70.0 Å². The van der Waals surface area contributed by atoms with Crippen molar-refractivity contribution >= 4 is 50.9 Å². The van der Waals surface area contributed by atoms with E-state index in [2.05, 4.69) is 15.9 Å². The summed E-state index contributed by atoms with van der Waals surface area (Å²) in [5.74, 6) is 0.724. The fourth-order valence-electron chi connectivity index (χ4n) is 6.52. The Morgan fingerprint density at radius 2 is 1.57 bits per heavy atom. The predicted octanol–water partition coefficient (Wildman–Crippen LogP) is 7.53. The molecule has 0 aromatic heterocycles. The van der Waals surface area contributed by atoms with E-state index in [1.807, 2.05) is 31.2 Å². The van der Waals surface area contributed by atoms with E-state index < -0.39 is 5.97 Å². The molecule has 206 valence electrons. The molecule has 0 bridgehead atoms. The first kappa shape index (κ1) is 27.3. The van der Waals surface area contributed by atoms with Gasteiger partial charge in [-0.05, 0) is 68.9 Å². The van der Waals surface area contributed by atoms with Gasteiger partial charge in [-0.15, -0.1) is 11.8 Å². The first-order valence-corrected chi connectivity index (χ1v) is 15.9. The van der Waals surface area contributed by atoms with Gasteiger partial charge in [-0.3, -0.25) is 9.59 Å². The van der Waals surface area contributed by atoms with Crippen LogP contribution in [0.3, 0.4) is 0 Å². The zero-order chi connectivity index (χ0) is 28.0. The van der Waals surface area contributed by atoms with Crippen LogP contribution in [0.1, 0.15) is 91.9 Å². The number of hydrogen-bond donors (Lipinski definition) is 1. The van der Waals surface area contributed by atoms with Crippen LogP contribution in [0.25, 0.3) is 0 Å². The van der Waals surface area contributed by atoms with Gasteiger partial charge >= 0.3 is 5.97 Å². The van der Waals surface area contributed by atoms with Crippen LogP contribution in [0.5, 0.6) is 0 Å². The maximum absolute atomic E-state index is 13.7. The topological polar surface area (TPSA) is 86.5 Å². The molecule has 0 radical (unpaired) electrons. The third kappa shape index (κ3) is 5.14. The molecule has 5 nitrogen and oxygen atoms in total. The molecule has 3 aliphatic rings. The summed E-state index contributed by atoms with van der Waals surface area (Å²) in [7, 11) is 0. The number of carbonyl (C=O) groups excluding carboxylic acids is 3.